The van der Waals surface area contributed by atoms with E-state index < -0.39 is 0 Å². The molecule has 0 atom stereocenters. The lowest BCUT2D eigenvalue weighted by atomic mass is 10.1. The van der Waals surface area contributed by atoms with Crippen LogP contribution >= 0.6 is 0 Å². The molecular weight excluding hydrogens is 172 g/mol. The Morgan fingerprint density at radius 3 is 3.00 bits per heavy atom. The molecule has 0 bridgehead atoms. The molecule has 2 nitrogen and oxygen atoms in total. The highest BCUT2D eigenvalue weighted by Crippen LogP contribution is 2.29. The van der Waals surface area contributed by atoms with Crippen LogP contribution in [0.3, 0.4) is 0 Å². The first-order valence-corrected chi connectivity index (χ1v) is 5.05. The van der Waals surface area contributed by atoms with E-state index in [1.54, 1.807) is 0 Å². The Morgan fingerprint density at radius 1 is 1.57 bits per heavy atom. The van der Waals surface area contributed by atoms with Gasteiger partial charge in [-0.3, -0.25) is 0 Å². The molecule has 0 fully saturated rings. The van der Waals surface area contributed by atoms with Crippen molar-refractivity contribution in [3.8, 4) is 0 Å². The van der Waals surface area contributed by atoms with Gasteiger partial charge in [0.1, 0.15) is 0 Å². The van der Waals surface area contributed by atoms with Crippen LogP contribution in [0.2, 0.25) is 0 Å². The molecule has 0 aromatic heterocycles. The van der Waals surface area contributed by atoms with Crippen LogP contribution in [0.1, 0.15) is 18.1 Å². The maximum absolute atomic E-state index is 5.67. The maximum Gasteiger partial charge on any atom is 0.0399 e. The first-order chi connectivity index (χ1) is 6.72. The fraction of sp³-hybridized carbons (Fsp3) is 0.333. The predicted octanol–water partition coefficient (Wildman–Crippen LogP) is 2.00. The minimum Gasteiger partial charge on any atom is -0.399 e. The molecule has 0 amide bonds. The number of rotatable bonds is 2. The largest absolute Gasteiger partial charge is 0.399 e. The molecule has 2 rings (SSSR count). The van der Waals surface area contributed by atoms with Crippen LogP contribution in [0.5, 0.6) is 0 Å². The van der Waals surface area contributed by atoms with E-state index in [4.69, 9.17) is 5.73 Å². The lowest BCUT2D eigenvalue weighted by molar-refractivity contribution is 0.868. The van der Waals surface area contributed by atoms with E-state index in [2.05, 4.69) is 36.6 Å². The van der Waals surface area contributed by atoms with Gasteiger partial charge in [-0.1, -0.05) is 12.6 Å². The van der Waals surface area contributed by atoms with Gasteiger partial charge in [0, 0.05) is 24.5 Å². The molecule has 1 aliphatic rings. The molecule has 1 aromatic rings. The van der Waals surface area contributed by atoms with Crippen LogP contribution in [-0.2, 0) is 6.42 Å². The van der Waals surface area contributed by atoms with Crippen molar-refractivity contribution in [3.05, 3.63) is 35.9 Å². The Labute approximate surface area is 85.0 Å². The van der Waals surface area contributed by atoms with Gasteiger partial charge in [-0.05, 0) is 36.6 Å². The molecule has 2 heteroatoms. The number of benzene rings is 1. The third-order valence-corrected chi connectivity index (χ3v) is 2.82. The minimum absolute atomic E-state index is 0.655. The summed E-state index contributed by atoms with van der Waals surface area (Å²) in [5, 5.41) is 0. The molecule has 1 aliphatic heterocycles. The summed E-state index contributed by atoms with van der Waals surface area (Å²) < 4.78 is 0. The topological polar surface area (TPSA) is 29.3 Å². The lowest BCUT2D eigenvalue weighted by Crippen LogP contribution is -2.19. The van der Waals surface area contributed by atoms with Crippen molar-refractivity contribution in [1.29, 1.82) is 0 Å². The van der Waals surface area contributed by atoms with Crippen molar-refractivity contribution in [2.75, 3.05) is 18.0 Å². The molecule has 74 valence electrons. The quantitative estimate of drug-likeness (QED) is 0.769. The summed E-state index contributed by atoms with van der Waals surface area (Å²) in [6, 6.07) is 6.36. The number of likely N-dealkylation sites (N-methyl/N-ethyl adjacent to an activating group) is 1. The zero-order valence-corrected chi connectivity index (χ0v) is 8.59. The van der Waals surface area contributed by atoms with Crippen LogP contribution < -0.4 is 10.6 Å². The summed E-state index contributed by atoms with van der Waals surface area (Å²) in [6.45, 7) is 8.15. The second-order valence-corrected chi connectivity index (χ2v) is 3.70. The number of nitrogens with two attached hydrogens (primary N) is 1. The van der Waals surface area contributed by atoms with E-state index in [1.807, 2.05) is 0 Å². The average Bonchev–Trinajstić information content (AvgIpc) is 2.59. The molecule has 1 aromatic carbocycles. The normalized spacial score (nSPS) is 14.2. The maximum atomic E-state index is 5.67. The summed E-state index contributed by atoms with van der Waals surface area (Å²) in [5.41, 5.74) is 10.1. The molecule has 0 aliphatic carbocycles. The van der Waals surface area contributed by atoms with Gasteiger partial charge in [0.2, 0.25) is 0 Å². The van der Waals surface area contributed by atoms with Crippen molar-refractivity contribution in [3.63, 3.8) is 0 Å². The highest BCUT2D eigenvalue weighted by Gasteiger charge is 2.17. The Morgan fingerprint density at radius 2 is 2.36 bits per heavy atom. The van der Waals surface area contributed by atoms with Crippen molar-refractivity contribution in [2.24, 2.45) is 5.73 Å². The van der Waals surface area contributed by atoms with E-state index in [9.17, 15) is 0 Å². The van der Waals surface area contributed by atoms with Crippen molar-refractivity contribution in [1.82, 2.24) is 0 Å². The zero-order chi connectivity index (χ0) is 10.1. The average molecular weight is 188 g/mol. The molecule has 0 unspecified atom stereocenters. The molecule has 0 saturated carbocycles. The minimum atomic E-state index is 0.655. The highest BCUT2D eigenvalue weighted by molar-refractivity contribution is 5.67. The van der Waals surface area contributed by atoms with E-state index in [0.29, 0.717) is 5.70 Å². The summed E-state index contributed by atoms with van der Waals surface area (Å²) >= 11 is 0. The number of anilines is 1. The summed E-state index contributed by atoms with van der Waals surface area (Å²) in [4.78, 5) is 2.39. The Hall–Kier alpha value is -1.44. The van der Waals surface area contributed by atoms with Gasteiger partial charge in [-0.2, -0.15) is 0 Å². The van der Waals surface area contributed by atoms with Gasteiger partial charge in [-0.15, -0.1) is 0 Å². The van der Waals surface area contributed by atoms with Gasteiger partial charge in [-0.25, -0.2) is 0 Å². The predicted molar refractivity (Wildman–Crippen MR) is 61.3 cm³/mol. The first kappa shape index (κ1) is 9.13. The van der Waals surface area contributed by atoms with Gasteiger partial charge < -0.3 is 10.6 Å². The highest BCUT2D eigenvalue weighted by atomic mass is 15.1. The van der Waals surface area contributed by atoms with Gasteiger partial charge in [0.15, 0.2) is 0 Å². The SMILES string of the molecule is C=C(N)c1ccc2c(c1)CCN2CC. The second-order valence-electron chi connectivity index (χ2n) is 3.70. The summed E-state index contributed by atoms with van der Waals surface area (Å²) in [6.07, 6.45) is 1.13. The van der Waals surface area contributed by atoms with Crippen LogP contribution in [0.25, 0.3) is 5.70 Å². The number of nitrogens with zero attached hydrogens (tertiary/aromatic N) is 1. The van der Waals surface area contributed by atoms with Crippen LogP contribution in [0.15, 0.2) is 24.8 Å². The molecule has 1 heterocycles. The Bertz CT molecular complexity index is 369. The van der Waals surface area contributed by atoms with Crippen molar-refractivity contribution < 1.29 is 0 Å². The van der Waals surface area contributed by atoms with Gasteiger partial charge in [0.05, 0.1) is 0 Å². The number of hydrogen-bond acceptors (Lipinski definition) is 2. The second kappa shape index (κ2) is 3.37. The third-order valence-electron chi connectivity index (χ3n) is 2.82. The molecule has 2 N–H and O–H groups in total. The number of fused-ring (bicyclic) bond motifs is 1. The van der Waals surface area contributed by atoms with E-state index in [0.717, 1.165) is 25.1 Å². The smallest absolute Gasteiger partial charge is 0.0399 e. The Balaban J connectivity index is 2.39. The van der Waals surface area contributed by atoms with Crippen molar-refractivity contribution >= 4 is 11.4 Å². The molecule has 0 saturated heterocycles. The van der Waals surface area contributed by atoms with Crippen LogP contribution in [0, 0.1) is 0 Å². The first-order valence-electron chi connectivity index (χ1n) is 5.05. The van der Waals surface area contributed by atoms with E-state index in [-0.39, 0.29) is 0 Å². The van der Waals surface area contributed by atoms with E-state index >= 15 is 0 Å². The fourth-order valence-corrected chi connectivity index (χ4v) is 2.00. The van der Waals surface area contributed by atoms with Gasteiger partial charge >= 0.3 is 0 Å². The molecule has 0 spiro atoms. The van der Waals surface area contributed by atoms with Crippen LogP contribution in [-0.4, -0.2) is 13.1 Å². The molecule has 14 heavy (non-hydrogen) atoms. The Kier molecular flexibility index (Phi) is 2.20. The van der Waals surface area contributed by atoms with Crippen molar-refractivity contribution in [2.45, 2.75) is 13.3 Å². The van der Waals surface area contributed by atoms with Crippen LogP contribution in [0.4, 0.5) is 5.69 Å². The third kappa shape index (κ3) is 1.37. The number of hydrogen-bond donors (Lipinski definition) is 1. The summed E-state index contributed by atoms with van der Waals surface area (Å²) in [5.74, 6) is 0. The fourth-order valence-electron chi connectivity index (χ4n) is 2.00. The monoisotopic (exact) mass is 188 g/mol. The zero-order valence-electron chi connectivity index (χ0n) is 8.59. The lowest BCUT2D eigenvalue weighted by Gasteiger charge is -2.16. The summed E-state index contributed by atoms with van der Waals surface area (Å²) in [7, 11) is 0. The van der Waals surface area contributed by atoms with Gasteiger partial charge in [0.25, 0.3) is 0 Å². The molecular formula is C12H16N2. The van der Waals surface area contributed by atoms with E-state index in [1.165, 1.54) is 11.3 Å². The molecule has 0 radical (unpaired) electrons. The standard InChI is InChI=1S/C12H16N2/c1-3-14-7-6-11-8-10(9(2)13)4-5-12(11)14/h4-5,8H,2-3,6-7,13H2,1H3.